The average Bonchev–Trinajstić information content (AvgIpc) is 2.55. The van der Waals surface area contributed by atoms with Crippen LogP contribution in [0.1, 0.15) is 40.0 Å². The number of nitrogens with two attached hydrogens (primary N) is 1. The van der Waals surface area contributed by atoms with Crippen molar-refractivity contribution < 1.29 is 18.3 Å². The second-order valence-electron chi connectivity index (χ2n) is 6.47. The molecule has 106 valence electrons. The van der Waals surface area contributed by atoms with Gasteiger partial charge in [0.1, 0.15) is 9.15 Å². The molecule has 2 bridgehead atoms. The molecule has 2 fully saturated rings. The van der Waals surface area contributed by atoms with Gasteiger partial charge in [0.05, 0.1) is 18.3 Å². The molecule has 2 aliphatic carbocycles. The largest absolute Gasteiger partial charge is 0.739 e. The highest BCUT2D eigenvalue weighted by molar-refractivity contribution is 8.69. The SMILES string of the molecule is CC1(C)C2CCC1(C)C([NH2+]CCSS(=O)(=O)[O-])C2. The highest BCUT2D eigenvalue weighted by Gasteiger charge is 2.63. The molecule has 3 atom stereocenters. The number of quaternary nitrogens is 1. The Balaban J connectivity index is 1.86. The van der Waals surface area contributed by atoms with E-state index in [1.54, 1.807) is 0 Å². The Morgan fingerprint density at radius 3 is 2.50 bits per heavy atom. The fraction of sp³-hybridized carbons (Fsp3) is 1.00. The van der Waals surface area contributed by atoms with E-state index in [1.807, 2.05) is 0 Å². The first-order valence-electron chi connectivity index (χ1n) is 6.60. The maximum absolute atomic E-state index is 10.5. The van der Waals surface area contributed by atoms with Crippen LogP contribution in [0, 0.1) is 16.7 Å². The summed E-state index contributed by atoms with van der Waals surface area (Å²) in [7, 11) is -3.60. The molecule has 0 aromatic heterocycles. The quantitative estimate of drug-likeness (QED) is 0.465. The Bertz CT molecular complexity index is 421. The van der Waals surface area contributed by atoms with Gasteiger partial charge < -0.3 is 9.87 Å². The van der Waals surface area contributed by atoms with Gasteiger partial charge in [0.2, 0.25) is 0 Å². The van der Waals surface area contributed by atoms with Crippen LogP contribution in [0.2, 0.25) is 0 Å². The fourth-order valence-corrected chi connectivity index (χ4v) is 5.38. The minimum atomic E-state index is -4.12. The van der Waals surface area contributed by atoms with Crippen molar-refractivity contribution in [3.63, 3.8) is 0 Å². The summed E-state index contributed by atoms with van der Waals surface area (Å²) in [6.07, 6.45) is 3.84. The molecule has 2 saturated carbocycles. The van der Waals surface area contributed by atoms with Crippen LogP contribution in [0.25, 0.3) is 0 Å². The highest BCUT2D eigenvalue weighted by Crippen LogP contribution is 2.64. The van der Waals surface area contributed by atoms with Crippen LogP contribution in [-0.4, -0.2) is 31.3 Å². The lowest BCUT2D eigenvalue weighted by molar-refractivity contribution is -0.698. The van der Waals surface area contributed by atoms with E-state index in [9.17, 15) is 13.0 Å². The molecule has 0 amide bonds. The van der Waals surface area contributed by atoms with Gasteiger partial charge in [0.25, 0.3) is 0 Å². The third kappa shape index (κ3) is 2.44. The smallest absolute Gasteiger partial charge is 0.149 e. The van der Waals surface area contributed by atoms with Gasteiger partial charge in [-0.15, -0.1) is 0 Å². The molecule has 6 heteroatoms. The van der Waals surface area contributed by atoms with Crippen LogP contribution in [-0.2, 0) is 9.15 Å². The van der Waals surface area contributed by atoms with Crippen LogP contribution in [0.5, 0.6) is 0 Å². The number of hydrogen-bond donors (Lipinski definition) is 1. The minimum absolute atomic E-state index is 0.360. The van der Waals surface area contributed by atoms with Crippen LogP contribution < -0.4 is 5.32 Å². The third-order valence-corrected chi connectivity index (χ3v) is 7.72. The van der Waals surface area contributed by atoms with Crippen LogP contribution in [0.3, 0.4) is 0 Å². The van der Waals surface area contributed by atoms with Crippen LogP contribution in [0.15, 0.2) is 0 Å². The summed E-state index contributed by atoms with van der Waals surface area (Å²) in [5.74, 6) is 1.20. The van der Waals surface area contributed by atoms with E-state index in [2.05, 4.69) is 26.1 Å². The molecule has 0 radical (unpaired) electrons. The number of fused-ring (bicyclic) bond motifs is 2. The third-order valence-electron chi connectivity index (χ3n) is 5.66. The molecule has 0 saturated heterocycles. The summed E-state index contributed by atoms with van der Waals surface area (Å²) >= 11 is 0. The zero-order valence-corrected chi connectivity index (χ0v) is 12.9. The molecule has 18 heavy (non-hydrogen) atoms. The van der Waals surface area contributed by atoms with Gasteiger partial charge in [0.15, 0.2) is 0 Å². The first-order valence-corrected chi connectivity index (χ1v) is 9.51. The predicted molar refractivity (Wildman–Crippen MR) is 72.0 cm³/mol. The lowest BCUT2D eigenvalue weighted by Crippen LogP contribution is -2.93. The predicted octanol–water partition coefficient (Wildman–Crippen LogP) is 0.958. The van der Waals surface area contributed by atoms with E-state index in [0.717, 1.165) is 12.5 Å². The number of hydrogen-bond acceptors (Lipinski definition) is 4. The molecule has 0 aromatic rings. The maximum Gasteiger partial charge on any atom is 0.149 e. The lowest BCUT2D eigenvalue weighted by atomic mass is 9.69. The lowest BCUT2D eigenvalue weighted by Gasteiger charge is -2.37. The van der Waals surface area contributed by atoms with E-state index in [4.69, 9.17) is 0 Å². The Labute approximate surface area is 113 Å². The molecule has 2 rings (SSSR count). The Hall–Kier alpha value is 0.220. The van der Waals surface area contributed by atoms with Crippen LogP contribution >= 0.6 is 10.8 Å². The maximum atomic E-state index is 10.5. The molecule has 0 aromatic carbocycles. The Morgan fingerprint density at radius 1 is 1.39 bits per heavy atom. The number of rotatable bonds is 5. The van der Waals surface area contributed by atoms with Gasteiger partial charge in [-0.1, -0.05) is 20.8 Å². The monoisotopic (exact) mass is 293 g/mol. The fourth-order valence-electron chi connectivity index (χ4n) is 4.04. The van der Waals surface area contributed by atoms with E-state index in [1.165, 1.54) is 19.3 Å². The molecular weight excluding hydrogens is 270 g/mol. The van der Waals surface area contributed by atoms with Crippen molar-refractivity contribution in [3.8, 4) is 0 Å². The second kappa shape index (κ2) is 4.65. The minimum Gasteiger partial charge on any atom is -0.739 e. The van der Waals surface area contributed by atoms with Crippen molar-refractivity contribution in [2.75, 3.05) is 12.3 Å². The molecule has 0 heterocycles. The van der Waals surface area contributed by atoms with E-state index in [0.29, 0.717) is 33.4 Å². The molecule has 2 aliphatic rings. The summed E-state index contributed by atoms with van der Waals surface area (Å²) in [5.41, 5.74) is 0.755. The van der Waals surface area contributed by atoms with Crippen molar-refractivity contribution in [2.24, 2.45) is 16.7 Å². The van der Waals surface area contributed by atoms with Crippen molar-refractivity contribution >= 4 is 19.9 Å². The standard InChI is InChI=1S/C12H23NO3S2/c1-11(2)9-4-5-12(11,3)10(8-9)13-6-7-17-18(14,15)16/h9-10,13H,4-8H2,1-3H3,(H,14,15,16). The topological polar surface area (TPSA) is 73.8 Å². The van der Waals surface area contributed by atoms with E-state index < -0.39 is 9.15 Å². The van der Waals surface area contributed by atoms with Crippen LogP contribution in [0.4, 0.5) is 0 Å². The summed E-state index contributed by atoms with van der Waals surface area (Å²) < 4.78 is 31.5. The van der Waals surface area contributed by atoms with E-state index >= 15 is 0 Å². The molecular formula is C12H23NO3S2. The van der Waals surface area contributed by atoms with E-state index in [-0.39, 0.29) is 0 Å². The highest BCUT2D eigenvalue weighted by atomic mass is 33.1. The average molecular weight is 293 g/mol. The van der Waals surface area contributed by atoms with Crippen molar-refractivity contribution in [2.45, 2.75) is 46.1 Å². The van der Waals surface area contributed by atoms with Gasteiger partial charge >= 0.3 is 0 Å². The second-order valence-corrected chi connectivity index (χ2v) is 9.86. The normalized spacial score (nSPS) is 38.2. The molecule has 0 spiro atoms. The zero-order valence-electron chi connectivity index (χ0n) is 11.3. The Kier molecular flexibility index (Phi) is 3.78. The summed E-state index contributed by atoms with van der Waals surface area (Å²) in [4.78, 5) is 0. The van der Waals surface area contributed by atoms with Gasteiger partial charge in [-0.2, -0.15) is 0 Å². The first kappa shape index (κ1) is 14.6. The summed E-state index contributed by atoms with van der Waals surface area (Å²) in [6, 6.07) is 0.584. The molecule has 3 unspecified atom stereocenters. The summed E-state index contributed by atoms with van der Waals surface area (Å²) in [6.45, 7) is 7.83. The van der Waals surface area contributed by atoms with Gasteiger partial charge in [-0.25, -0.2) is 8.42 Å². The first-order chi connectivity index (χ1) is 8.17. The molecule has 4 nitrogen and oxygen atoms in total. The van der Waals surface area contributed by atoms with Crippen molar-refractivity contribution in [1.29, 1.82) is 0 Å². The Morgan fingerprint density at radius 2 is 2.06 bits per heavy atom. The van der Waals surface area contributed by atoms with Gasteiger partial charge in [-0.3, -0.25) is 0 Å². The molecule has 0 aliphatic heterocycles. The summed E-state index contributed by atoms with van der Waals surface area (Å²) in [5, 5.41) is 2.26. The molecule has 2 N–H and O–H groups in total. The van der Waals surface area contributed by atoms with Gasteiger partial charge in [0, 0.05) is 11.8 Å². The zero-order chi connectivity index (χ0) is 13.6. The van der Waals surface area contributed by atoms with Gasteiger partial charge in [-0.05, 0) is 35.0 Å². The van der Waals surface area contributed by atoms with Crippen molar-refractivity contribution in [1.82, 2.24) is 0 Å². The van der Waals surface area contributed by atoms with Crippen molar-refractivity contribution in [3.05, 3.63) is 0 Å².